The Morgan fingerprint density at radius 2 is 1.72 bits per heavy atom. The van der Waals surface area contributed by atoms with Crippen molar-refractivity contribution in [3.05, 3.63) is 0 Å². The molecule has 0 atom stereocenters. The van der Waals surface area contributed by atoms with Crippen LogP contribution in [-0.2, 0) is 4.74 Å². The van der Waals surface area contributed by atoms with Crippen LogP contribution in [0.1, 0.15) is 33.6 Å². The first kappa shape index (κ1) is 16.5. The van der Waals surface area contributed by atoms with Crippen LogP contribution in [0.4, 0.5) is 4.79 Å². The number of guanidine groups is 1. The number of unbranched alkanes of at least 4 members (excludes halogenated alkanes) is 1. The highest BCUT2D eigenvalue weighted by atomic mass is 16.6. The lowest BCUT2D eigenvalue weighted by Gasteiger charge is -2.19. The number of carbonyl (C=O) groups is 1. The first-order chi connectivity index (χ1) is 8.39. The molecule has 6 heteroatoms. The molecule has 0 radical (unpaired) electrons. The van der Waals surface area contributed by atoms with Gasteiger partial charge in [-0.25, -0.2) is 4.79 Å². The molecule has 18 heavy (non-hydrogen) atoms. The first-order valence-electron chi connectivity index (χ1n) is 6.24. The normalized spacial score (nSPS) is 11.9. The largest absolute Gasteiger partial charge is 0.444 e. The van der Waals surface area contributed by atoms with Gasteiger partial charge < -0.3 is 20.7 Å². The minimum atomic E-state index is -0.440. The zero-order valence-electron chi connectivity index (χ0n) is 12.1. The standard InChI is InChI=1S/C12H26N4O2/c1-12(2,3)18-11(17)16-9-7-6-8-15-10(13-4)14-5/h6-9H2,1-5H3,(H,16,17)(H2,13,14,15). The molecule has 0 heterocycles. The molecule has 3 N–H and O–H groups in total. The lowest BCUT2D eigenvalue weighted by molar-refractivity contribution is 0.0527. The van der Waals surface area contributed by atoms with Gasteiger partial charge in [0.05, 0.1) is 0 Å². The van der Waals surface area contributed by atoms with Crippen LogP contribution >= 0.6 is 0 Å². The number of hydrogen-bond acceptors (Lipinski definition) is 3. The smallest absolute Gasteiger partial charge is 0.407 e. The summed E-state index contributed by atoms with van der Waals surface area (Å²) in [4.78, 5) is 15.3. The van der Waals surface area contributed by atoms with Crippen molar-refractivity contribution in [3.8, 4) is 0 Å². The van der Waals surface area contributed by atoms with E-state index in [-0.39, 0.29) is 6.09 Å². The first-order valence-corrected chi connectivity index (χ1v) is 6.24. The number of nitrogens with zero attached hydrogens (tertiary/aromatic N) is 1. The fraction of sp³-hybridized carbons (Fsp3) is 0.833. The number of alkyl carbamates (subject to hydrolysis) is 1. The van der Waals surface area contributed by atoms with Gasteiger partial charge in [-0.3, -0.25) is 4.99 Å². The van der Waals surface area contributed by atoms with Gasteiger partial charge in [-0.2, -0.15) is 0 Å². The molecule has 0 rings (SSSR count). The summed E-state index contributed by atoms with van der Waals surface area (Å²) in [5.74, 6) is 0.773. The van der Waals surface area contributed by atoms with E-state index in [1.165, 1.54) is 0 Å². The molecular formula is C12H26N4O2. The minimum Gasteiger partial charge on any atom is -0.444 e. The number of hydrogen-bond donors (Lipinski definition) is 3. The van der Waals surface area contributed by atoms with Crippen molar-refractivity contribution < 1.29 is 9.53 Å². The molecule has 0 aromatic rings. The van der Waals surface area contributed by atoms with Crippen LogP contribution in [0.25, 0.3) is 0 Å². The summed E-state index contributed by atoms with van der Waals surface area (Å²) >= 11 is 0. The Balaban J connectivity index is 3.49. The van der Waals surface area contributed by atoms with Crippen LogP contribution < -0.4 is 16.0 Å². The molecule has 0 saturated carbocycles. The molecule has 0 aliphatic rings. The zero-order chi connectivity index (χ0) is 14.0. The fourth-order valence-electron chi connectivity index (χ4n) is 1.24. The van der Waals surface area contributed by atoms with E-state index in [2.05, 4.69) is 20.9 Å². The van der Waals surface area contributed by atoms with E-state index in [4.69, 9.17) is 4.74 Å². The van der Waals surface area contributed by atoms with Gasteiger partial charge >= 0.3 is 6.09 Å². The molecule has 0 aliphatic heterocycles. The molecule has 0 aromatic carbocycles. The van der Waals surface area contributed by atoms with Crippen molar-refractivity contribution in [3.63, 3.8) is 0 Å². The third kappa shape index (κ3) is 9.74. The second-order valence-electron chi connectivity index (χ2n) is 4.88. The van der Waals surface area contributed by atoms with Gasteiger partial charge in [-0.05, 0) is 33.6 Å². The quantitative estimate of drug-likeness (QED) is 0.392. The monoisotopic (exact) mass is 258 g/mol. The number of rotatable bonds is 5. The van der Waals surface area contributed by atoms with Crippen molar-refractivity contribution in [1.82, 2.24) is 16.0 Å². The summed E-state index contributed by atoms with van der Waals surface area (Å²) in [5.41, 5.74) is -0.440. The Labute approximate surface area is 110 Å². The van der Waals surface area contributed by atoms with E-state index in [0.29, 0.717) is 6.54 Å². The highest BCUT2D eigenvalue weighted by molar-refractivity contribution is 5.79. The lowest BCUT2D eigenvalue weighted by Crippen LogP contribution is -2.36. The van der Waals surface area contributed by atoms with Crippen molar-refractivity contribution in [1.29, 1.82) is 0 Å². The molecule has 0 fully saturated rings. The van der Waals surface area contributed by atoms with Gasteiger partial charge in [0, 0.05) is 27.2 Å². The number of carbonyl (C=O) groups excluding carboxylic acids is 1. The number of amides is 1. The summed E-state index contributed by atoms with van der Waals surface area (Å²) in [6, 6.07) is 0. The Kier molecular flexibility index (Phi) is 7.91. The highest BCUT2D eigenvalue weighted by Crippen LogP contribution is 2.06. The second-order valence-corrected chi connectivity index (χ2v) is 4.88. The summed E-state index contributed by atoms with van der Waals surface area (Å²) in [6.45, 7) is 6.98. The summed E-state index contributed by atoms with van der Waals surface area (Å²) in [7, 11) is 3.54. The van der Waals surface area contributed by atoms with Gasteiger partial charge in [0.25, 0.3) is 0 Å². The van der Waals surface area contributed by atoms with Crippen molar-refractivity contribution in [2.45, 2.75) is 39.2 Å². The van der Waals surface area contributed by atoms with Crippen LogP contribution in [0, 0.1) is 0 Å². The summed E-state index contributed by atoms with van der Waals surface area (Å²) in [5, 5.41) is 8.80. The van der Waals surface area contributed by atoms with Crippen LogP contribution in [0.3, 0.4) is 0 Å². The van der Waals surface area contributed by atoms with E-state index < -0.39 is 5.60 Å². The molecule has 0 saturated heterocycles. The van der Waals surface area contributed by atoms with E-state index in [0.717, 1.165) is 25.3 Å². The third-order valence-corrected chi connectivity index (χ3v) is 2.02. The predicted octanol–water partition coefficient (Wildman–Crippen LogP) is 1.09. The molecular weight excluding hydrogens is 232 g/mol. The average molecular weight is 258 g/mol. The van der Waals surface area contributed by atoms with Crippen molar-refractivity contribution in [2.75, 3.05) is 27.2 Å². The van der Waals surface area contributed by atoms with Crippen molar-refractivity contribution in [2.24, 2.45) is 4.99 Å². The number of nitrogens with one attached hydrogen (secondary N) is 3. The van der Waals surface area contributed by atoms with Gasteiger partial charge in [0.1, 0.15) is 5.60 Å². The number of ether oxygens (including phenoxy) is 1. The third-order valence-electron chi connectivity index (χ3n) is 2.02. The molecule has 0 bridgehead atoms. The fourth-order valence-corrected chi connectivity index (χ4v) is 1.24. The zero-order valence-corrected chi connectivity index (χ0v) is 12.1. The van der Waals surface area contributed by atoms with Crippen LogP contribution in [0.15, 0.2) is 4.99 Å². The average Bonchev–Trinajstić information content (AvgIpc) is 2.26. The number of aliphatic imine (C=N–C) groups is 1. The Hall–Kier alpha value is -1.46. The van der Waals surface area contributed by atoms with E-state index in [1.807, 2.05) is 27.8 Å². The Morgan fingerprint density at radius 3 is 2.17 bits per heavy atom. The van der Waals surface area contributed by atoms with E-state index in [9.17, 15) is 4.79 Å². The van der Waals surface area contributed by atoms with Crippen molar-refractivity contribution >= 4 is 12.1 Å². The molecule has 0 unspecified atom stereocenters. The topological polar surface area (TPSA) is 74.8 Å². The molecule has 0 spiro atoms. The maximum Gasteiger partial charge on any atom is 0.407 e. The molecule has 0 aromatic heterocycles. The molecule has 6 nitrogen and oxygen atoms in total. The summed E-state index contributed by atoms with van der Waals surface area (Å²) < 4.78 is 5.12. The van der Waals surface area contributed by atoms with E-state index in [1.54, 1.807) is 7.05 Å². The molecule has 106 valence electrons. The van der Waals surface area contributed by atoms with Gasteiger partial charge in [-0.15, -0.1) is 0 Å². The molecule has 0 aliphatic carbocycles. The van der Waals surface area contributed by atoms with Crippen LogP contribution in [0.5, 0.6) is 0 Å². The van der Waals surface area contributed by atoms with Gasteiger partial charge in [0.2, 0.25) is 0 Å². The Morgan fingerprint density at radius 1 is 1.17 bits per heavy atom. The maximum atomic E-state index is 11.3. The lowest BCUT2D eigenvalue weighted by atomic mass is 10.2. The van der Waals surface area contributed by atoms with Crippen LogP contribution in [0.2, 0.25) is 0 Å². The highest BCUT2D eigenvalue weighted by Gasteiger charge is 2.15. The SMILES string of the molecule is CN=C(NC)NCCCCNC(=O)OC(C)(C)C. The van der Waals surface area contributed by atoms with Gasteiger partial charge in [0.15, 0.2) is 5.96 Å². The second kappa shape index (κ2) is 8.60. The predicted molar refractivity (Wildman–Crippen MR) is 73.9 cm³/mol. The minimum absolute atomic E-state index is 0.360. The summed E-state index contributed by atoms with van der Waals surface area (Å²) in [6.07, 6.45) is 1.49. The van der Waals surface area contributed by atoms with Gasteiger partial charge in [-0.1, -0.05) is 0 Å². The Bertz CT molecular complexity index is 272. The molecule has 1 amide bonds. The maximum absolute atomic E-state index is 11.3. The van der Waals surface area contributed by atoms with Crippen LogP contribution in [-0.4, -0.2) is 44.8 Å². The van der Waals surface area contributed by atoms with E-state index >= 15 is 0 Å².